The second-order valence-electron chi connectivity index (χ2n) is 4.31. The normalized spacial score (nSPS) is 21.3. The van der Waals surface area contributed by atoms with Crippen molar-refractivity contribution >= 4 is 11.5 Å². The Hall–Kier alpha value is -1.63. The lowest BCUT2D eigenvalue weighted by Crippen LogP contribution is -2.27. The lowest BCUT2D eigenvalue weighted by molar-refractivity contribution is -0.384. The molecule has 2 heterocycles. The van der Waals surface area contributed by atoms with Crippen LogP contribution < -0.4 is 4.90 Å². The summed E-state index contributed by atoms with van der Waals surface area (Å²) in [7, 11) is 1.70. The molecule has 2 rings (SSSR count). The molecule has 1 atom stereocenters. The van der Waals surface area contributed by atoms with Crippen molar-refractivity contribution in [2.24, 2.45) is 7.05 Å². The number of aliphatic hydroxyl groups is 1. The molecule has 1 N–H and O–H groups in total. The van der Waals surface area contributed by atoms with Gasteiger partial charge in [0.1, 0.15) is 6.20 Å². The number of rotatable bonds is 2. The molecule has 1 aliphatic rings. The van der Waals surface area contributed by atoms with Crippen molar-refractivity contribution in [3.05, 3.63) is 16.3 Å². The van der Waals surface area contributed by atoms with Gasteiger partial charge in [-0.1, -0.05) is 0 Å². The summed E-state index contributed by atoms with van der Waals surface area (Å²) in [5, 5.41) is 24.4. The summed E-state index contributed by atoms with van der Waals surface area (Å²) in [5.74, 6) is 0.532. The Kier molecular flexibility index (Phi) is 3.28. The molecular formula is C10H16N4O3. The molecule has 1 aliphatic heterocycles. The van der Waals surface area contributed by atoms with Crippen LogP contribution in [0.15, 0.2) is 6.20 Å². The van der Waals surface area contributed by atoms with Gasteiger partial charge in [-0.2, -0.15) is 5.10 Å². The number of aryl methyl sites for hydroxylation is 1. The third-order valence-corrected chi connectivity index (χ3v) is 3.08. The van der Waals surface area contributed by atoms with E-state index >= 15 is 0 Å². The molecule has 17 heavy (non-hydrogen) atoms. The molecule has 1 aromatic rings. The maximum atomic E-state index is 10.9. The van der Waals surface area contributed by atoms with Crippen LogP contribution in [0.3, 0.4) is 0 Å². The van der Waals surface area contributed by atoms with Crippen LogP contribution >= 0.6 is 0 Å². The molecule has 0 unspecified atom stereocenters. The topological polar surface area (TPSA) is 84.4 Å². The van der Waals surface area contributed by atoms with E-state index in [9.17, 15) is 15.2 Å². The van der Waals surface area contributed by atoms with Gasteiger partial charge in [-0.3, -0.25) is 10.1 Å². The summed E-state index contributed by atoms with van der Waals surface area (Å²) in [6, 6.07) is 0. The van der Waals surface area contributed by atoms with Crippen molar-refractivity contribution in [2.75, 3.05) is 18.0 Å². The fourth-order valence-corrected chi connectivity index (χ4v) is 2.21. The Balaban J connectivity index is 2.26. The average molecular weight is 240 g/mol. The molecule has 0 spiro atoms. The SMILES string of the molecule is Cn1ncc([N+](=O)[O-])c1N1CCC[C@@H](O)CC1. The van der Waals surface area contributed by atoms with Crippen LogP contribution in [0.5, 0.6) is 0 Å². The predicted molar refractivity (Wildman–Crippen MR) is 61.9 cm³/mol. The smallest absolute Gasteiger partial charge is 0.331 e. The van der Waals surface area contributed by atoms with E-state index in [1.807, 2.05) is 4.90 Å². The van der Waals surface area contributed by atoms with Crippen LogP contribution in [-0.2, 0) is 7.05 Å². The number of aromatic nitrogens is 2. The van der Waals surface area contributed by atoms with Gasteiger partial charge in [0.2, 0.25) is 5.82 Å². The number of nitro groups is 1. The van der Waals surface area contributed by atoms with Gasteiger partial charge in [0.15, 0.2) is 0 Å². The first-order chi connectivity index (χ1) is 8.09. The zero-order valence-corrected chi connectivity index (χ0v) is 9.74. The van der Waals surface area contributed by atoms with Crippen LogP contribution in [0.25, 0.3) is 0 Å². The average Bonchev–Trinajstić information content (AvgIpc) is 2.52. The highest BCUT2D eigenvalue weighted by Crippen LogP contribution is 2.28. The van der Waals surface area contributed by atoms with Crippen LogP contribution in [-0.4, -0.2) is 39.0 Å². The lowest BCUT2D eigenvalue weighted by Gasteiger charge is -2.21. The molecule has 0 amide bonds. The summed E-state index contributed by atoms with van der Waals surface area (Å²) in [6.45, 7) is 1.35. The molecule has 1 saturated heterocycles. The molecule has 0 bridgehead atoms. The molecule has 1 fully saturated rings. The Bertz CT molecular complexity index is 418. The molecule has 0 radical (unpaired) electrons. The summed E-state index contributed by atoms with van der Waals surface area (Å²) in [6.07, 6.45) is 3.21. The molecule has 7 heteroatoms. The van der Waals surface area contributed by atoms with Crippen molar-refractivity contribution < 1.29 is 10.0 Å². The van der Waals surface area contributed by atoms with Crippen molar-refractivity contribution in [3.8, 4) is 0 Å². The molecule has 1 aromatic heterocycles. The van der Waals surface area contributed by atoms with Gasteiger partial charge in [0.25, 0.3) is 0 Å². The van der Waals surface area contributed by atoms with Crippen LogP contribution in [0.4, 0.5) is 11.5 Å². The largest absolute Gasteiger partial charge is 0.393 e. The fraction of sp³-hybridized carbons (Fsp3) is 0.700. The Morgan fingerprint density at radius 1 is 1.53 bits per heavy atom. The van der Waals surface area contributed by atoms with Gasteiger partial charge >= 0.3 is 5.69 Å². The second kappa shape index (κ2) is 4.70. The van der Waals surface area contributed by atoms with Gasteiger partial charge in [0, 0.05) is 20.1 Å². The molecule has 0 aromatic carbocycles. The standard InChI is InChI=1S/C10H16N4O3/c1-12-10(9(7-11-12)14(16)17)13-5-2-3-8(15)4-6-13/h7-8,15H,2-6H2,1H3/t8-/m1/s1. The number of aliphatic hydroxyl groups excluding tert-OH is 1. The third kappa shape index (κ3) is 2.38. The van der Waals surface area contributed by atoms with E-state index in [1.54, 1.807) is 7.05 Å². The van der Waals surface area contributed by atoms with Crippen molar-refractivity contribution in [1.82, 2.24) is 9.78 Å². The molecular weight excluding hydrogens is 224 g/mol. The van der Waals surface area contributed by atoms with E-state index in [0.29, 0.717) is 18.8 Å². The van der Waals surface area contributed by atoms with E-state index < -0.39 is 4.92 Å². The molecule has 7 nitrogen and oxygen atoms in total. The minimum atomic E-state index is -0.413. The number of nitrogens with zero attached hydrogens (tertiary/aromatic N) is 4. The van der Waals surface area contributed by atoms with Gasteiger partial charge in [-0.25, -0.2) is 4.68 Å². The maximum absolute atomic E-state index is 10.9. The first-order valence-electron chi connectivity index (χ1n) is 5.69. The lowest BCUT2D eigenvalue weighted by atomic mass is 10.2. The van der Waals surface area contributed by atoms with E-state index in [1.165, 1.54) is 10.9 Å². The quantitative estimate of drug-likeness (QED) is 0.607. The van der Waals surface area contributed by atoms with E-state index in [0.717, 1.165) is 19.4 Å². The van der Waals surface area contributed by atoms with Gasteiger partial charge in [-0.05, 0) is 19.3 Å². The van der Waals surface area contributed by atoms with Crippen molar-refractivity contribution in [3.63, 3.8) is 0 Å². The Morgan fingerprint density at radius 2 is 2.29 bits per heavy atom. The van der Waals surface area contributed by atoms with Gasteiger partial charge in [-0.15, -0.1) is 0 Å². The summed E-state index contributed by atoms with van der Waals surface area (Å²) >= 11 is 0. The predicted octanol–water partition coefficient (Wildman–Crippen LogP) is 0.679. The zero-order chi connectivity index (χ0) is 12.4. The van der Waals surface area contributed by atoms with Crippen molar-refractivity contribution in [1.29, 1.82) is 0 Å². The number of hydrogen-bond donors (Lipinski definition) is 1. The van der Waals surface area contributed by atoms with E-state index in [2.05, 4.69) is 5.10 Å². The Labute approximate surface area is 98.8 Å². The first-order valence-corrected chi connectivity index (χ1v) is 5.69. The summed E-state index contributed by atoms with van der Waals surface area (Å²) in [5.41, 5.74) is 0.0314. The molecule has 0 saturated carbocycles. The summed E-state index contributed by atoms with van der Waals surface area (Å²) in [4.78, 5) is 12.4. The monoisotopic (exact) mass is 240 g/mol. The highest BCUT2D eigenvalue weighted by atomic mass is 16.6. The fourth-order valence-electron chi connectivity index (χ4n) is 2.21. The van der Waals surface area contributed by atoms with Gasteiger partial charge < -0.3 is 10.0 Å². The number of hydrogen-bond acceptors (Lipinski definition) is 5. The van der Waals surface area contributed by atoms with Crippen LogP contribution in [0, 0.1) is 10.1 Å². The summed E-state index contributed by atoms with van der Waals surface area (Å²) < 4.78 is 1.52. The zero-order valence-electron chi connectivity index (χ0n) is 9.74. The first kappa shape index (κ1) is 11.8. The number of anilines is 1. The highest BCUT2D eigenvalue weighted by molar-refractivity contribution is 5.57. The molecule has 94 valence electrons. The van der Waals surface area contributed by atoms with Gasteiger partial charge in [0.05, 0.1) is 11.0 Å². The molecule has 0 aliphatic carbocycles. The Morgan fingerprint density at radius 3 is 3.00 bits per heavy atom. The van der Waals surface area contributed by atoms with E-state index in [4.69, 9.17) is 0 Å². The minimum Gasteiger partial charge on any atom is -0.393 e. The van der Waals surface area contributed by atoms with E-state index in [-0.39, 0.29) is 11.8 Å². The minimum absolute atomic E-state index is 0.0314. The maximum Gasteiger partial charge on any atom is 0.331 e. The van der Waals surface area contributed by atoms with Crippen LogP contribution in [0.1, 0.15) is 19.3 Å². The van der Waals surface area contributed by atoms with Crippen LogP contribution in [0.2, 0.25) is 0 Å². The highest BCUT2D eigenvalue weighted by Gasteiger charge is 2.26. The third-order valence-electron chi connectivity index (χ3n) is 3.08. The van der Waals surface area contributed by atoms with Crippen molar-refractivity contribution in [2.45, 2.75) is 25.4 Å². The second-order valence-corrected chi connectivity index (χ2v) is 4.31.